The molecule has 6 heteroatoms. The molecule has 1 nitrogen and oxygen atoms in total. The van der Waals surface area contributed by atoms with Crippen molar-refractivity contribution in [2.24, 2.45) is 0 Å². The Morgan fingerprint density at radius 3 is 2.37 bits per heavy atom. The van der Waals surface area contributed by atoms with Gasteiger partial charge in [0.1, 0.15) is 0 Å². The summed E-state index contributed by atoms with van der Waals surface area (Å²) in [6, 6.07) is 6.50. The molecule has 0 aliphatic rings. The molecule has 1 aromatic carbocycles. The largest absolute Gasteiger partial charge is 0.446 e. The van der Waals surface area contributed by atoms with E-state index in [0.29, 0.717) is 11.8 Å². The molecule has 1 aromatic rings. The Bertz CT molecular complexity index is 365. The average molecular weight is 309 g/mol. The van der Waals surface area contributed by atoms with Crippen LogP contribution < -0.4 is 5.32 Å². The second kappa shape index (κ2) is 8.07. The van der Waals surface area contributed by atoms with Crippen LogP contribution in [0.1, 0.15) is 18.9 Å². The number of halogens is 3. The highest BCUT2D eigenvalue weighted by Crippen LogP contribution is 2.36. The van der Waals surface area contributed by atoms with Crippen molar-refractivity contribution in [1.82, 2.24) is 5.32 Å². The van der Waals surface area contributed by atoms with Crippen molar-refractivity contribution in [2.75, 3.05) is 12.8 Å². The number of rotatable bonds is 7. The first-order chi connectivity index (χ1) is 8.90. The first-order valence-electron chi connectivity index (χ1n) is 5.99. The van der Waals surface area contributed by atoms with E-state index in [0.717, 1.165) is 18.5 Å². The molecule has 0 aliphatic carbocycles. The third-order valence-corrected chi connectivity index (χ3v) is 4.40. The highest BCUT2D eigenvalue weighted by molar-refractivity contribution is 8.00. The summed E-state index contributed by atoms with van der Waals surface area (Å²) in [7, 11) is 0. The normalized spacial score (nSPS) is 13.5. The fraction of sp³-hybridized carbons (Fsp3) is 0.538. The van der Waals surface area contributed by atoms with Gasteiger partial charge in [0.25, 0.3) is 0 Å². The third kappa shape index (κ3) is 7.74. The van der Waals surface area contributed by atoms with Crippen LogP contribution in [-0.2, 0) is 6.54 Å². The van der Waals surface area contributed by atoms with Crippen LogP contribution in [0.25, 0.3) is 0 Å². The Hall–Kier alpha value is -0.330. The maximum atomic E-state index is 12.1. The third-order valence-electron chi connectivity index (χ3n) is 2.62. The van der Waals surface area contributed by atoms with Crippen LogP contribution in [0.3, 0.4) is 0 Å². The fourth-order valence-electron chi connectivity index (χ4n) is 1.46. The number of hydrogen-bond donors (Lipinski definition) is 1. The minimum absolute atomic E-state index is 0.0785. The maximum Gasteiger partial charge on any atom is 0.446 e. The molecule has 0 saturated carbocycles. The van der Waals surface area contributed by atoms with Crippen molar-refractivity contribution >= 4 is 23.5 Å². The van der Waals surface area contributed by atoms with E-state index >= 15 is 0 Å². The van der Waals surface area contributed by atoms with Crippen molar-refractivity contribution in [3.63, 3.8) is 0 Å². The molecule has 1 N–H and O–H groups in total. The van der Waals surface area contributed by atoms with E-state index in [2.05, 4.69) is 18.5 Å². The minimum Gasteiger partial charge on any atom is -0.313 e. The number of benzene rings is 1. The highest BCUT2D eigenvalue weighted by atomic mass is 32.2. The van der Waals surface area contributed by atoms with Gasteiger partial charge in [0, 0.05) is 16.7 Å². The van der Waals surface area contributed by atoms with Gasteiger partial charge in [0.15, 0.2) is 0 Å². The van der Waals surface area contributed by atoms with Gasteiger partial charge >= 0.3 is 5.51 Å². The van der Waals surface area contributed by atoms with E-state index in [4.69, 9.17) is 0 Å². The number of nitrogens with one attached hydrogen (secondary N) is 1. The summed E-state index contributed by atoms with van der Waals surface area (Å²) in [6.45, 7) is 3.79. The van der Waals surface area contributed by atoms with Gasteiger partial charge in [-0.3, -0.25) is 0 Å². The highest BCUT2D eigenvalue weighted by Gasteiger charge is 2.28. The lowest BCUT2D eigenvalue weighted by atomic mass is 10.2. The molecule has 0 amide bonds. The lowest BCUT2D eigenvalue weighted by Crippen LogP contribution is -2.17. The lowest BCUT2D eigenvalue weighted by Gasteiger charge is -2.10. The number of thioether (sulfide) groups is 2. The van der Waals surface area contributed by atoms with Crippen molar-refractivity contribution < 1.29 is 13.2 Å². The van der Waals surface area contributed by atoms with Crippen LogP contribution in [-0.4, -0.2) is 23.6 Å². The second-order valence-electron chi connectivity index (χ2n) is 4.20. The Kier molecular flexibility index (Phi) is 7.10. The Morgan fingerprint density at radius 2 is 1.84 bits per heavy atom. The molecule has 0 radical (unpaired) electrons. The molecule has 0 saturated heterocycles. The Labute approximate surface area is 120 Å². The van der Waals surface area contributed by atoms with Gasteiger partial charge in [-0.05, 0) is 48.7 Å². The quantitative estimate of drug-likeness (QED) is 0.587. The molecule has 108 valence electrons. The van der Waals surface area contributed by atoms with Gasteiger partial charge in [0.2, 0.25) is 0 Å². The molecule has 1 rings (SSSR count). The summed E-state index contributed by atoms with van der Waals surface area (Å²) in [4.78, 5) is 0.229. The van der Waals surface area contributed by atoms with Crippen LogP contribution in [0.4, 0.5) is 13.2 Å². The van der Waals surface area contributed by atoms with Crippen molar-refractivity contribution in [1.29, 1.82) is 0 Å². The summed E-state index contributed by atoms with van der Waals surface area (Å²) >= 11 is 1.75. The van der Waals surface area contributed by atoms with Crippen LogP contribution in [0, 0.1) is 0 Å². The zero-order valence-corrected chi connectivity index (χ0v) is 12.6. The first kappa shape index (κ1) is 16.7. The van der Waals surface area contributed by atoms with Crippen LogP contribution >= 0.6 is 23.5 Å². The van der Waals surface area contributed by atoms with E-state index in [1.165, 1.54) is 12.1 Å². The van der Waals surface area contributed by atoms with E-state index in [1.54, 1.807) is 12.1 Å². The standard InChI is InChI=1S/C13H18F3NS2/c1-10(18-2)7-8-17-9-11-3-5-12(6-4-11)19-13(14,15)16/h3-6,10,17H,7-9H2,1-2H3. The lowest BCUT2D eigenvalue weighted by molar-refractivity contribution is -0.0328. The summed E-state index contributed by atoms with van der Waals surface area (Å²) in [6.07, 6.45) is 3.17. The van der Waals surface area contributed by atoms with E-state index < -0.39 is 5.51 Å². The van der Waals surface area contributed by atoms with Gasteiger partial charge in [-0.1, -0.05) is 19.1 Å². The molecule has 0 aromatic heterocycles. The molecular weight excluding hydrogens is 291 g/mol. The Balaban J connectivity index is 2.32. The van der Waals surface area contributed by atoms with Gasteiger partial charge in [0.05, 0.1) is 0 Å². The Morgan fingerprint density at radius 1 is 1.21 bits per heavy atom. The van der Waals surface area contributed by atoms with Crippen LogP contribution in [0.2, 0.25) is 0 Å². The monoisotopic (exact) mass is 309 g/mol. The van der Waals surface area contributed by atoms with E-state index in [-0.39, 0.29) is 16.7 Å². The molecule has 0 heterocycles. The molecule has 0 fully saturated rings. The molecule has 19 heavy (non-hydrogen) atoms. The van der Waals surface area contributed by atoms with Crippen molar-refractivity contribution in [3.05, 3.63) is 29.8 Å². The molecule has 1 unspecified atom stereocenters. The predicted molar refractivity (Wildman–Crippen MR) is 77.7 cm³/mol. The van der Waals surface area contributed by atoms with Crippen LogP contribution in [0.5, 0.6) is 0 Å². The minimum atomic E-state index is -4.21. The molecule has 0 aliphatic heterocycles. The maximum absolute atomic E-state index is 12.1. The molecule has 0 spiro atoms. The summed E-state index contributed by atoms with van der Waals surface area (Å²) in [5.41, 5.74) is -3.21. The number of hydrogen-bond acceptors (Lipinski definition) is 3. The van der Waals surface area contributed by atoms with Crippen molar-refractivity contribution in [3.8, 4) is 0 Å². The zero-order chi connectivity index (χ0) is 14.3. The molecule has 0 bridgehead atoms. The number of alkyl halides is 3. The van der Waals surface area contributed by atoms with Gasteiger partial charge in [-0.25, -0.2) is 0 Å². The summed E-state index contributed by atoms with van der Waals surface area (Å²) < 4.78 is 36.4. The molecule has 1 atom stereocenters. The fourth-order valence-corrected chi connectivity index (χ4v) is 2.36. The van der Waals surface area contributed by atoms with Gasteiger partial charge in [-0.2, -0.15) is 24.9 Å². The smallest absolute Gasteiger partial charge is 0.313 e. The predicted octanol–water partition coefficient (Wildman–Crippen LogP) is 4.53. The van der Waals surface area contributed by atoms with E-state index in [9.17, 15) is 13.2 Å². The average Bonchev–Trinajstić information content (AvgIpc) is 2.34. The van der Waals surface area contributed by atoms with E-state index in [1.807, 2.05) is 11.8 Å². The molecular formula is C13H18F3NS2. The van der Waals surface area contributed by atoms with Crippen LogP contribution in [0.15, 0.2) is 29.2 Å². The second-order valence-corrected chi connectivity index (χ2v) is 6.62. The van der Waals surface area contributed by atoms with Gasteiger partial charge < -0.3 is 5.32 Å². The summed E-state index contributed by atoms with van der Waals surface area (Å²) in [5, 5.41) is 3.92. The first-order valence-corrected chi connectivity index (χ1v) is 8.09. The zero-order valence-electron chi connectivity index (χ0n) is 11.0. The van der Waals surface area contributed by atoms with Gasteiger partial charge in [-0.15, -0.1) is 0 Å². The van der Waals surface area contributed by atoms with Crippen molar-refractivity contribution in [2.45, 2.75) is 35.5 Å². The SMILES string of the molecule is CSC(C)CCNCc1ccc(SC(F)(F)F)cc1. The topological polar surface area (TPSA) is 12.0 Å². The summed E-state index contributed by atoms with van der Waals surface area (Å²) in [5.74, 6) is 0.